The average molecular weight is 265 g/mol. The van der Waals surface area contributed by atoms with Crippen LogP contribution in [-0.2, 0) is 0 Å². The van der Waals surface area contributed by atoms with E-state index in [1.165, 1.54) is 6.07 Å². The second-order valence-electron chi connectivity index (χ2n) is 4.60. The van der Waals surface area contributed by atoms with Gasteiger partial charge in [-0.15, -0.1) is 0 Å². The monoisotopic (exact) mass is 265 g/mol. The molecule has 1 nitrogen and oxygen atoms in total. The first-order valence-electron chi connectivity index (χ1n) is 5.88. The van der Waals surface area contributed by atoms with Crippen molar-refractivity contribution >= 4 is 0 Å². The first-order valence-corrected chi connectivity index (χ1v) is 5.88. The third-order valence-corrected chi connectivity index (χ3v) is 3.16. The molecular formula is C15H14F3N. The number of benzene rings is 2. The van der Waals surface area contributed by atoms with Gasteiger partial charge in [0, 0.05) is 5.56 Å². The minimum Gasteiger partial charge on any atom is -0.320 e. The zero-order chi connectivity index (χ0) is 14.2. The van der Waals surface area contributed by atoms with Crippen LogP contribution in [0.4, 0.5) is 13.2 Å². The van der Waals surface area contributed by atoms with Crippen LogP contribution in [0.15, 0.2) is 30.3 Å². The van der Waals surface area contributed by atoms with Gasteiger partial charge in [-0.25, -0.2) is 13.2 Å². The lowest BCUT2D eigenvalue weighted by Gasteiger charge is -2.16. The zero-order valence-electron chi connectivity index (χ0n) is 10.7. The molecule has 0 radical (unpaired) electrons. The highest BCUT2D eigenvalue weighted by Gasteiger charge is 2.20. The SMILES string of the molecule is Cc1ccc(C(N)c2ccc(F)c(F)c2F)c(C)c1. The molecule has 0 heterocycles. The van der Waals surface area contributed by atoms with E-state index in [1.807, 2.05) is 26.0 Å². The van der Waals surface area contributed by atoms with E-state index in [0.29, 0.717) is 5.56 Å². The molecule has 1 atom stereocenters. The molecule has 2 rings (SSSR count). The molecule has 0 aliphatic carbocycles. The Morgan fingerprint density at radius 2 is 1.53 bits per heavy atom. The van der Waals surface area contributed by atoms with E-state index in [0.717, 1.165) is 17.2 Å². The maximum atomic E-state index is 13.7. The molecule has 0 saturated heterocycles. The van der Waals surface area contributed by atoms with Crippen LogP contribution in [-0.4, -0.2) is 0 Å². The molecule has 2 N–H and O–H groups in total. The number of rotatable bonds is 2. The maximum absolute atomic E-state index is 13.7. The van der Waals surface area contributed by atoms with Gasteiger partial charge >= 0.3 is 0 Å². The number of aryl methyl sites for hydroxylation is 2. The molecule has 19 heavy (non-hydrogen) atoms. The normalized spacial score (nSPS) is 12.5. The molecule has 0 amide bonds. The van der Waals surface area contributed by atoms with Crippen LogP contribution >= 0.6 is 0 Å². The molecule has 1 unspecified atom stereocenters. The summed E-state index contributed by atoms with van der Waals surface area (Å²) in [5, 5.41) is 0. The van der Waals surface area contributed by atoms with Gasteiger partial charge in [0.25, 0.3) is 0 Å². The molecular weight excluding hydrogens is 251 g/mol. The number of hydrogen-bond donors (Lipinski definition) is 1. The van der Waals surface area contributed by atoms with Gasteiger partial charge in [0.2, 0.25) is 0 Å². The summed E-state index contributed by atoms with van der Waals surface area (Å²) in [5.74, 6) is -3.93. The van der Waals surface area contributed by atoms with E-state index < -0.39 is 23.5 Å². The van der Waals surface area contributed by atoms with Gasteiger partial charge < -0.3 is 5.73 Å². The zero-order valence-corrected chi connectivity index (χ0v) is 10.7. The molecule has 0 bridgehead atoms. The van der Waals surface area contributed by atoms with Gasteiger partial charge in [-0.2, -0.15) is 0 Å². The summed E-state index contributed by atoms with van der Waals surface area (Å²) in [5.41, 5.74) is 8.54. The Kier molecular flexibility index (Phi) is 3.62. The van der Waals surface area contributed by atoms with Crippen molar-refractivity contribution < 1.29 is 13.2 Å². The quantitative estimate of drug-likeness (QED) is 0.822. The smallest absolute Gasteiger partial charge is 0.194 e. The van der Waals surface area contributed by atoms with Gasteiger partial charge in [-0.1, -0.05) is 29.8 Å². The summed E-state index contributed by atoms with van der Waals surface area (Å²) in [6.07, 6.45) is 0. The van der Waals surface area contributed by atoms with Gasteiger partial charge in [0.05, 0.1) is 6.04 Å². The van der Waals surface area contributed by atoms with E-state index in [1.54, 1.807) is 6.07 Å². The Bertz CT molecular complexity index is 623. The van der Waals surface area contributed by atoms with Crippen LogP contribution in [0.25, 0.3) is 0 Å². The summed E-state index contributed by atoms with van der Waals surface area (Å²) >= 11 is 0. The van der Waals surface area contributed by atoms with Crippen LogP contribution in [0, 0.1) is 31.3 Å². The largest absolute Gasteiger partial charge is 0.320 e. The van der Waals surface area contributed by atoms with E-state index in [9.17, 15) is 13.2 Å². The highest BCUT2D eigenvalue weighted by Crippen LogP contribution is 2.27. The van der Waals surface area contributed by atoms with Gasteiger partial charge in [0.1, 0.15) is 0 Å². The van der Waals surface area contributed by atoms with Crippen LogP contribution in [0.5, 0.6) is 0 Å². The molecule has 0 aromatic heterocycles. The minimum absolute atomic E-state index is 0.0501. The Morgan fingerprint density at radius 3 is 2.16 bits per heavy atom. The van der Waals surface area contributed by atoms with Gasteiger partial charge in [-0.3, -0.25) is 0 Å². The van der Waals surface area contributed by atoms with Crippen molar-refractivity contribution in [3.8, 4) is 0 Å². The van der Waals surface area contributed by atoms with Crippen molar-refractivity contribution in [2.24, 2.45) is 5.73 Å². The lowest BCUT2D eigenvalue weighted by Crippen LogP contribution is -2.16. The summed E-state index contributed by atoms with van der Waals surface area (Å²) in [4.78, 5) is 0. The molecule has 4 heteroatoms. The Morgan fingerprint density at radius 1 is 0.895 bits per heavy atom. The molecule has 0 fully saturated rings. The lowest BCUT2D eigenvalue weighted by molar-refractivity contribution is 0.438. The topological polar surface area (TPSA) is 26.0 Å². The summed E-state index contributed by atoms with van der Waals surface area (Å²) in [7, 11) is 0. The first-order chi connectivity index (χ1) is 8.91. The maximum Gasteiger partial charge on any atom is 0.194 e. The molecule has 0 aliphatic rings. The molecule has 0 saturated carbocycles. The van der Waals surface area contributed by atoms with Crippen molar-refractivity contribution in [1.82, 2.24) is 0 Å². The van der Waals surface area contributed by atoms with Gasteiger partial charge in [-0.05, 0) is 31.0 Å². The van der Waals surface area contributed by atoms with Gasteiger partial charge in [0.15, 0.2) is 17.5 Å². The average Bonchev–Trinajstić information content (AvgIpc) is 2.35. The molecule has 0 spiro atoms. The number of nitrogens with two attached hydrogens (primary N) is 1. The molecule has 0 aliphatic heterocycles. The van der Waals surface area contributed by atoms with Crippen molar-refractivity contribution in [1.29, 1.82) is 0 Å². The fourth-order valence-corrected chi connectivity index (χ4v) is 2.12. The minimum atomic E-state index is -1.49. The predicted octanol–water partition coefficient (Wildman–Crippen LogP) is 3.77. The fraction of sp³-hybridized carbons (Fsp3) is 0.200. The highest BCUT2D eigenvalue weighted by atomic mass is 19.2. The Labute approximate surface area is 109 Å². The number of hydrogen-bond acceptors (Lipinski definition) is 1. The molecule has 2 aromatic rings. The summed E-state index contributed by atoms with van der Waals surface area (Å²) < 4.78 is 39.8. The van der Waals surface area contributed by atoms with Crippen molar-refractivity contribution in [2.75, 3.05) is 0 Å². The van der Waals surface area contributed by atoms with Crippen LogP contribution in [0.1, 0.15) is 28.3 Å². The lowest BCUT2D eigenvalue weighted by atomic mass is 9.94. The summed E-state index contributed by atoms with van der Waals surface area (Å²) in [6.45, 7) is 3.78. The van der Waals surface area contributed by atoms with Crippen LogP contribution in [0.3, 0.4) is 0 Å². The van der Waals surface area contributed by atoms with Crippen molar-refractivity contribution in [2.45, 2.75) is 19.9 Å². The standard InChI is InChI=1S/C15H14F3N/c1-8-3-4-10(9(2)7-8)15(19)11-5-6-12(16)14(18)13(11)17/h3-7,15H,19H2,1-2H3. The fourth-order valence-electron chi connectivity index (χ4n) is 2.12. The predicted molar refractivity (Wildman–Crippen MR) is 68.3 cm³/mol. The second kappa shape index (κ2) is 5.05. The van der Waals surface area contributed by atoms with Crippen LogP contribution < -0.4 is 5.73 Å². The van der Waals surface area contributed by atoms with E-state index in [2.05, 4.69) is 0 Å². The van der Waals surface area contributed by atoms with Crippen LogP contribution in [0.2, 0.25) is 0 Å². The highest BCUT2D eigenvalue weighted by molar-refractivity contribution is 5.39. The molecule has 2 aromatic carbocycles. The van der Waals surface area contributed by atoms with E-state index >= 15 is 0 Å². The third kappa shape index (κ3) is 2.49. The Hall–Kier alpha value is -1.81. The third-order valence-electron chi connectivity index (χ3n) is 3.16. The van der Waals surface area contributed by atoms with E-state index in [4.69, 9.17) is 5.73 Å². The molecule has 100 valence electrons. The summed E-state index contributed by atoms with van der Waals surface area (Å²) in [6, 6.07) is 6.77. The van der Waals surface area contributed by atoms with E-state index in [-0.39, 0.29) is 5.56 Å². The van der Waals surface area contributed by atoms with Crippen molar-refractivity contribution in [3.05, 3.63) is 70.0 Å². The second-order valence-corrected chi connectivity index (χ2v) is 4.60. The number of halogens is 3. The van der Waals surface area contributed by atoms with Crippen molar-refractivity contribution in [3.63, 3.8) is 0 Å². The first kappa shape index (κ1) is 13.6. The Balaban J connectivity index is 2.50.